The molecule has 0 saturated carbocycles. The van der Waals surface area contributed by atoms with Crippen LogP contribution in [0.25, 0.3) is 43.9 Å². The number of thiophene rings is 2. The summed E-state index contributed by atoms with van der Waals surface area (Å²) in [6, 6.07) is 33.7. The zero-order valence-electron chi connectivity index (χ0n) is 41.3. The van der Waals surface area contributed by atoms with Crippen molar-refractivity contribution in [2.75, 3.05) is 48.7 Å². The predicted molar refractivity (Wildman–Crippen MR) is 309 cm³/mol. The van der Waals surface area contributed by atoms with Gasteiger partial charge < -0.3 is 9.47 Å². The molecule has 0 bridgehead atoms. The number of ether oxygens (including phenoxy) is 2. The van der Waals surface area contributed by atoms with Gasteiger partial charge in [-0.3, -0.25) is 9.13 Å². The van der Waals surface area contributed by atoms with E-state index in [2.05, 4.69) is 38.6 Å². The number of sulfone groups is 3. The van der Waals surface area contributed by atoms with Crippen molar-refractivity contribution in [1.29, 1.82) is 0 Å². The molecular formula is C54H52Cl2N6O8S6. The van der Waals surface area contributed by atoms with E-state index >= 15 is 0 Å². The number of hydrogen-bond acceptors (Lipinski definition) is 15. The van der Waals surface area contributed by atoms with E-state index in [9.17, 15) is 25.3 Å². The zero-order valence-corrected chi connectivity index (χ0v) is 47.8. The van der Waals surface area contributed by atoms with Crippen LogP contribution in [0.3, 0.4) is 0 Å². The quantitative estimate of drug-likeness (QED) is 0.0792. The fourth-order valence-electron chi connectivity index (χ4n) is 8.70. The molecule has 22 heteroatoms. The average molecular weight is 1180 g/mol. The van der Waals surface area contributed by atoms with Crippen LogP contribution in [-0.2, 0) is 53.9 Å². The highest BCUT2D eigenvalue weighted by Crippen LogP contribution is 2.38. The molecule has 0 aliphatic carbocycles. The molecule has 0 radical (unpaired) electrons. The second-order valence-corrected chi connectivity index (χ2v) is 28.4. The van der Waals surface area contributed by atoms with Gasteiger partial charge in [-0.15, -0.1) is 43.1 Å². The molecule has 0 atom stereocenters. The average Bonchev–Trinajstić information content (AvgIpc) is 4.32. The third kappa shape index (κ3) is 13.7. The van der Waals surface area contributed by atoms with Gasteiger partial charge in [0.1, 0.15) is 23.0 Å². The molecule has 76 heavy (non-hydrogen) atoms. The number of nitrogens with zero attached hydrogens (tertiary/aromatic N) is 6. The summed E-state index contributed by atoms with van der Waals surface area (Å²) in [6.45, 7) is 0. The minimum absolute atomic E-state index is 0.00243. The van der Waals surface area contributed by atoms with Crippen molar-refractivity contribution in [3.05, 3.63) is 176 Å². The third-order valence-electron chi connectivity index (χ3n) is 12.7. The molecule has 396 valence electrons. The molecule has 0 spiro atoms. The lowest BCUT2D eigenvalue weighted by atomic mass is 10.0. The molecule has 2 aliphatic heterocycles. The van der Waals surface area contributed by atoms with E-state index < -0.39 is 29.5 Å². The fraction of sp³-hybridized carbons (Fsp3) is 0.259. The van der Waals surface area contributed by atoms with Crippen LogP contribution < -0.4 is 9.47 Å². The monoisotopic (exact) mass is 1170 g/mol. The van der Waals surface area contributed by atoms with E-state index in [1.54, 1.807) is 55.2 Å². The topological polar surface area (TPSA) is 182 Å². The molecule has 0 amide bonds. The standard InChI is InChI=1S/C27H26ClN3O5S3.C27H26ClN3O3S3/c1-36-24-9-6-21(20-11-15-38(32,33)16-12-20)17-23(24)31-26(29-30-27(31)25-3-2-13-37-25)18-39(34,35)14-10-19-4-7-22(28)8-5-19;1-34-24-9-6-21(20-10-14-35-15-11-20)17-23(24)31-26(29-30-27(31)25-3-2-13-36-25)18-37(32,33)16-12-19-4-7-22(28)8-5-19/h2-9,11,13,17H,10,12,14-16,18H2,1H3;2-10,13,17H,11-12,14-16,18H2,1H3. The van der Waals surface area contributed by atoms with E-state index in [1.165, 1.54) is 28.2 Å². The number of methoxy groups -OCH3 is 2. The molecule has 0 fully saturated rings. The predicted octanol–water partition coefficient (Wildman–Crippen LogP) is 11.4. The minimum atomic E-state index is -3.56. The Bertz CT molecular complexity index is 3730. The van der Waals surface area contributed by atoms with Crippen molar-refractivity contribution in [3.63, 3.8) is 0 Å². The first kappa shape index (κ1) is 55.2. The number of benzene rings is 4. The molecular weight excluding hydrogens is 1120 g/mol. The molecule has 0 unspecified atom stereocenters. The lowest BCUT2D eigenvalue weighted by molar-refractivity contribution is 0.412. The highest BCUT2D eigenvalue weighted by Gasteiger charge is 2.27. The Labute approximate surface area is 465 Å². The summed E-state index contributed by atoms with van der Waals surface area (Å²) in [7, 11) is -6.97. The number of rotatable bonds is 18. The Balaban J connectivity index is 0.000000186. The zero-order chi connectivity index (χ0) is 53.5. The summed E-state index contributed by atoms with van der Waals surface area (Å²) in [5, 5.41) is 22.6. The molecule has 4 aromatic heterocycles. The van der Waals surface area contributed by atoms with Crippen LogP contribution in [0.1, 0.15) is 46.7 Å². The first-order chi connectivity index (χ1) is 36.6. The molecule has 4 aromatic carbocycles. The van der Waals surface area contributed by atoms with Gasteiger partial charge in [-0.1, -0.05) is 83.9 Å². The van der Waals surface area contributed by atoms with E-state index in [-0.39, 0.29) is 40.3 Å². The van der Waals surface area contributed by atoms with Gasteiger partial charge in [0.2, 0.25) is 0 Å². The highest BCUT2D eigenvalue weighted by molar-refractivity contribution is 7.99. The van der Waals surface area contributed by atoms with E-state index in [4.69, 9.17) is 32.7 Å². The Kier molecular flexibility index (Phi) is 17.7. The number of hydrogen-bond donors (Lipinski definition) is 0. The van der Waals surface area contributed by atoms with Crippen molar-refractivity contribution in [2.24, 2.45) is 0 Å². The Hall–Kier alpha value is -5.58. The maximum atomic E-state index is 13.2. The molecule has 6 heterocycles. The third-order valence-corrected chi connectivity index (χ3v) is 20.4. The molecule has 14 nitrogen and oxygen atoms in total. The smallest absolute Gasteiger partial charge is 0.178 e. The maximum absolute atomic E-state index is 13.2. The van der Waals surface area contributed by atoms with Crippen molar-refractivity contribution in [2.45, 2.75) is 37.2 Å². The van der Waals surface area contributed by atoms with Crippen molar-refractivity contribution >= 4 is 98.3 Å². The largest absolute Gasteiger partial charge is 0.495 e. The van der Waals surface area contributed by atoms with Gasteiger partial charge in [-0.2, -0.15) is 11.8 Å². The fourth-order valence-corrected chi connectivity index (χ4v) is 14.9. The summed E-state index contributed by atoms with van der Waals surface area (Å²) in [5.41, 5.74) is 7.24. The van der Waals surface area contributed by atoms with E-state index in [1.807, 2.05) is 93.8 Å². The molecule has 0 N–H and O–H groups in total. The van der Waals surface area contributed by atoms with Crippen LogP contribution in [-0.4, -0.2) is 104 Å². The number of aryl methyl sites for hydroxylation is 2. The van der Waals surface area contributed by atoms with Gasteiger partial charge in [0.25, 0.3) is 0 Å². The van der Waals surface area contributed by atoms with Gasteiger partial charge >= 0.3 is 0 Å². The maximum Gasteiger partial charge on any atom is 0.178 e. The van der Waals surface area contributed by atoms with Crippen molar-refractivity contribution < 1.29 is 34.7 Å². The Morgan fingerprint density at radius 2 is 1.08 bits per heavy atom. The van der Waals surface area contributed by atoms with E-state index in [0.29, 0.717) is 64.0 Å². The van der Waals surface area contributed by atoms with Gasteiger partial charge in [0, 0.05) is 15.8 Å². The van der Waals surface area contributed by atoms with Crippen LogP contribution in [0.2, 0.25) is 10.0 Å². The minimum Gasteiger partial charge on any atom is -0.495 e. The number of thioether (sulfide) groups is 1. The van der Waals surface area contributed by atoms with Crippen LogP contribution in [0.4, 0.5) is 0 Å². The molecule has 2 aliphatic rings. The highest BCUT2D eigenvalue weighted by atomic mass is 35.5. The lowest BCUT2D eigenvalue weighted by Gasteiger charge is -2.18. The molecule has 8 aromatic rings. The van der Waals surface area contributed by atoms with Crippen molar-refractivity contribution in [3.8, 4) is 44.3 Å². The first-order valence-corrected chi connectivity index (χ1v) is 33.1. The first-order valence-electron chi connectivity index (χ1n) is 24.0. The summed E-state index contributed by atoms with van der Waals surface area (Å²) < 4.78 is 91.8. The van der Waals surface area contributed by atoms with Gasteiger partial charge in [-0.25, -0.2) is 25.3 Å². The number of aromatic nitrogens is 6. The summed E-state index contributed by atoms with van der Waals surface area (Å²) in [5.74, 6) is 4.42. The normalized spacial score (nSPS) is 14.6. The second-order valence-electron chi connectivity index (χ2n) is 17.9. The Morgan fingerprint density at radius 3 is 1.47 bits per heavy atom. The van der Waals surface area contributed by atoms with Crippen LogP contribution in [0, 0.1) is 0 Å². The SMILES string of the molecule is COc1ccc(C2=CCS(=O)(=O)CC2)cc1-n1c(CS(=O)(=O)CCc2ccc(Cl)cc2)nnc1-c1cccs1.COc1ccc(C2=CCSCC2)cc1-n1c(CS(=O)(=O)CCc2ccc(Cl)cc2)nnc1-c1cccs1. The van der Waals surface area contributed by atoms with Gasteiger partial charge in [0.15, 0.2) is 52.8 Å². The molecule has 10 rings (SSSR count). The van der Waals surface area contributed by atoms with E-state index in [0.717, 1.165) is 61.2 Å². The van der Waals surface area contributed by atoms with Crippen molar-refractivity contribution in [1.82, 2.24) is 29.5 Å². The lowest BCUT2D eigenvalue weighted by Crippen LogP contribution is -2.16. The summed E-state index contributed by atoms with van der Waals surface area (Å²) >= 11 is 16.8. The van der Waals surface area contributed by atoms with Crippen LogP contribution in [0.15, 0.2) is 132 Å². The van der Waals surface area contributed by atoms with Gasteiger partial charge in [0.05, 0.1) is 58.4 Å². The van der Waals surface area contributed by atoms with Crippen LogP contribution >= 0.6 is 57.6 Å². The second kappa shape index (κ2) is 24.4. The number of allylic oxidation sites excluding steroid dienone is 2. The summed E-state index contributed by atoms with van der Waals surface area (Å²) in [6.07, 6.45) is 6.13. The van der Waals surface area contributed by atoms with Crippen LogP contribution in [0.5, 0.6) is 11.5 Å². The van der Waals surface area contributed by atoms with Gasteiger partial charge in [-0.05, 0) is 136 Å². The number of halogens is 2. The molecule has 0 saturated heterocycles. The Morgan fingerprint density at radius 1 is 0.605 bits per heavy atom. The summed E-state index contributed by atoms with van der Waals surface area (Å²) in [4.78, 5) is 1.72.